The molecule has 3 nitrogen and oxygen atoms in total. The summed E-state index contributed by atoms with van der Waals surface area (Å²) in [6.07, 6.45) is 8.45. The second-order valence-electron chi connectivity index (χ2n) is 5.82. The number of nitrogens with zero attached hydrogens (tertiary/aromatic N) is 2. The summed E-state index contributed by atoms with van der Waals surface area (Å²) in [5, 5.41) is 0. The number of imidazole rings is 1. The fourth-order valence-corrected chi connectivity index (χ4v) is 3.41. The van der Waals surface area contributed by atoms with Gasteiger partial charge in [0.1, 0.15) is 5.82 Å². The average Bonchev–Trinajstić information content (AvgIpc) is 2.86. The van der Waals surface area contributed by atoms with Crippen LogP contribution in [0.5, 0.6) is 0 Å². The summed E-state index contributed by atoms with van der Waals surface area (Å²) in [6, 6.07) is 10.9. The maximum absolute atomic E-state index is 6.61. The summed E-state index contributed by atoms with van der Waals surface area (Å²) in [5.74, 6) is 1.11. The van der Waals surface area contributed by atoms with Gasteiger partial charge in [-0.1, -0.05) is 36.8 Å². The smallest absolute Gasteiger partial charge is 0.110 e. The van der Waals surface area contributed by atoms with E-state index in [1.54, 1.807) is 0 Å². The molecule has 0 amide bonds. The molecule has 3 rings (SSSR count). The number of benzene rings is 1. The van der Waals surface area contributed by atoms with E-state index in [0.29, 0.717) is 0 Å². The molecule has 20 heavy (non-hydrogen) atoms. The number of aromatic nitrogens is 2. The number of hydrogen-bond donors (Lipinski definition) is 1. The summed E-state index contributed by atoms with van der Waals surface area (Å²) in [7, 11) is 0. The average molecular weight is 269 g/mol. The van der Waals surface area contributed by atoms with Crippen LogP contribution < -0.4 is 5.73 Å². The monoisotopic (exact) mass is 269 g/mol. The van der Waals surface area contributed by atoms with E-state index in [1.165, 1.54) is 24.8 Å². The fourth-order valence-electron chi connectivity index (χ4n) is 3.41. The molecule has 1 unspecified atom stereocenters. The molecular formula is C17H23N3. The van der Waals surface area contributed by atoms with Crippen molar-refractivity contribution in [3.05, 3.63) is 54.1 Å². The van der Waals surface area contributed by atoms with Crippen molar-refractivity contribution >= 4 is 0 Å². The fraction of sp³-hybridized carbons (Fsp3) is 0.471. The molecule has 0 spiro atoms. The summed E-state index contributed by atoms with van der Waals surface area (Å²) < 4.78 is 2.19. The number of rotatable bonds is 5. The highest BCUT2D eigenvalue weighted by molar-refractivity contribution is 5.31. The summed E-state index contributed by atoms with van der Waals surface area (Å²) in [6.45, 7) is 3.10. The van der Waals surface area contributed by atoms with Crippen molar-refractivity contribution in [3.63, 3.8) is 0 Å². The van der Waals surface area contributed by atoms with E-state index < -0.39 is 0 Å². The second kappa shape index (κ2) is 5.41. The SMILES string of the molecule is CCn1ccnc1CC(N)C1(c2ccccc2)CCC1. The quantitative estimate of drug-likeness (QED) is 0.907. The van der Waals surface area contributed by atoms with Gasteiger partial charge in [0, 0.05) is 36.8 Å². The summed E-state index contributed by atoms with van der Waals surface area (Å²) >= 11 is 0. The van der Waals surface area contributed by atoms with Gasteiger partial charge in [-0.25, -0.2) is 4.98 Å². The lowest BCUT2D eigenvalue weighted by atomic mass is 9.59. The molecule has 1 aromatic carbocycles. The number of aryl methyl sites for hydroxylation is 1. The molecule has 0 radical (unpaired) electrons. The van der Waals surface area contributed by atoms with Crippen molar-refractivity contribution in [1.82, 2.24) is 9.55 Å². The van der Waals surface area contributed by atoms with Gasteiger partial charge < -0.3 is 10.3 Å². The van der Waals surface area contributed by atoms with Crippen LogP contribution in [-0.4, -0.2) is 15.6 Å². The van der Waals surface area contributed by atoms with E-state index in [2.05, 4.69) is 46.8 Å². The maximum Gasteiger partial charge on any atom is 0.110 e. The highest BCUT2D eigenvalue weighted by Crippen LogP contribution is 2.46. The minimum absolute atomic E-state index is 0.145. The molecule has 1 aromatic heterocycles. The molecule has 0 bridgehead atoms. The summed E-state index contributed by atoms with van der Waals surface area (Å²) in [5.41, 5.74) is 8.16. The molecule has 1 aliphatic carbocycles. The Hall–Kier alpha value is -1.61. The standard InChI is InChI=1S/C17H23N3/c1-2-20-12-11-19-16(20)13-15(18)17(9-6-10-17)14-7-4-3-5-8-14/h3-5,7-8,11-12,15H,2,6,9-10,13,18H2,1H3. The Morgan fingerprint density at radius 1 is 1.30 bits per heavy atom. The Labute approximate surface area is 120 Å². The Kier molecular flexibility index (Phi) is 3.62. The molecule has 1 aliphatic rings. The topological polar surface area (TPSA) is 43.8 Å². The van der Waals surface area contributed by atoms with E-state index in [4.69, 9.17) is 5.73 Å². The molecule has 2 aromatic rings. The molecule has 1 heterocycles. The van der Waals surface area contributed by atoms with Crippen molar-refractivity contribution in [2.24, 2.45) is 5.73 Å². The van der Waals surface area contributed by atoms with Crippen LogP contribution in [0.4, 0.5) is 0 Å². The first-order valence-corrected chi connectivity index (χ1v) is 7.57. The predicted octanol–water partition coefficient (Wildman–Crippen LogP) is 2.89. The van der Waals surface area contributed by atoms with Crippen molar-refractivity contribution in [2.45, 2.75) is 50.6 Å². The van der Waals surface area contributed by atoms with E-state index in [1.807, 2.05) is 12.4 Å². The van der Waals surface area contributed by atoms with Crippen LogP contribution in [0.25, 0.3) is 0 Å². The van der Waals surface area contributed by atoms with E-state index in [0.717, 1.165) is 18.8 Å². The summed E-state index contributed by atoms with van der Waals surface area (Å²) in [4.78, 5) is 4.48. The lowest BCUT2D eigenvalue weighted by molar-refractivity contribution is 0.192. The minimum atomic E-state index is 0.145. The van der Waals surface area contributed by atoms with Crippen LogP contribution >= 0.6 is 0 Å². The Bertz CT molecular complexity index is 555. The predicted molar refractivity (Wildman–Crippen MR) is 81.6 cm³/mol. The van der Waals surface area contributed by atoms with E-state index in [-0.39, 0.29) is 11.5 Å². The Morgan fingerprint density at radius 2 is 2.05 bits per heavy atom. The van der Waals surface area contributed by atoms with Crippen LogP contribution in [0.1, 0.15) is 37.6 Å². The normalized spacial score (nSPS) is 18.5. The van der Waals surface area contributed by atoms with Gasteiger partial charge in [0.15, 0.2) is 0 Å². The van der Waals surface area contributed by atoms with Gasteiger partial charge in [-0.3, -0.25) is 0 Å². The van der Waals surface area contributed by atoms with Gasteiger partial charge in [-0.2, -0.15) is 0 Å². The van der Waals surface area contributed by atoms with Crippen LogP contribution in [0, 0.1) is 0 Å². The lowest BCUT2D eigenvalue weighted by Gasteiger charge is -2.47. The maximum atomic E-state index is 6.61. The largest absolute Gasteiger partial charge is 0.335 e. The van der Waals surface area contributed by atoms with Crippen molar-refractivity contribution in [1.29, 1.82) is 0 Å². The zero-order valence-corrected chi connectivity index (χ0v) is 12.1. The Balaban J connectivity index is 1.83. The lowest BCUT2D eigenvalue weighted by Crippen LogP contribution is -2.51. The Morgan fingerprint density at radius 3 is 2.65 bits per heavy atom. The second-order valence-corrected chi connectivity index (χ2v) is 5.82. The zero-order chi connectivity index (χ0) is 14.0. The molecule has 1 saturated carbocycles. The zero-order valence-electron chi connectivity index (χ0n) is 12.1. The van der Waals surface area contributed by atoms with Gasteiger partial charge in [-0.15, -0.1) is 0 Å². The number of hydrogen-bond acceptors (Lipinski definition) is 2. The van der Waals surface area contributed by atoms with Crippen LogP contribution in [0.2, 0.25) is 0 Å². The van der Waals surface area contributed by atoms with Gasteiger partial charge in [0.05, 0.1) is 0 Å². The molecule has 3 heteroatoms. The van der Waals surface area contributed by atoms with Gasteiger partial charge >= 0.3 is 0 Å². The van der Waals surface area contributed by atoms with E-state index >= 15 is 0 Å². The van der Waals surface area contributed by atoms with Crippen LogP contribution in [0.3, 0.4) is 0 Å². The first-order chi connectivity index (χ1) is 9.76. The molecule has 1 fully saturated rings. The van der Waals surface area contributed by atoms with Crippen molar-refractivity contribution in [3.8, 4) is 0 Å². The van der Waals surface area contributed by atoms with Crippen molar-refractivity contribution < 1.29 is 0 Å². The van der Waals surface area contributed by atoms with Crippen LogP contribution in [0.15, 0.2) is 42.7 Å². The molecule has 1 atom stereocenters. The third kappa shape index (κ3) is 2.16. The molecule has 106 valence electrons. The van der Waals surface area contributed by atoms with Gasteiger partial charge in [-0.05, 0) is 25.3 Å². The third-order valence-corrected chi connectivity index (χ3v) is 4.85. The molecule has 0 aliphatic heterocycles. The molecule has 2 N–H and O–H groups in total. The van der Waals surface area contributed by atoms with E-state index in [9.17, 15) is 0 Å². The third-order valence-electron chi connectivity index (χ3n) is 4.85. The first kappa shape index (κ1) is 13.4. The first-order valence-electron chi connectivity index (χ1n) is 7.57. The van der Waals surface area contributed by atoms with Gasteiger partial charge in [0.25, 0.3) is 0 Å². The highest BCUT2D eigenvalue weighted by atomic mass is 15.1. The number of nitrogens with two attached hydrogens (primary N) is 1. The highest BCUT2D eigenvalue weighted by Gasteiger charge is 2.43. The van der Waals surface area contributed by atoms with Crippen LogP contribution in [-0.2, 0) is 18.4 Å². The van der Waals surface area contributed by atoms with Gasteiger partial charge in [0.2, 0.25) is 0 Å². The molecular weight excluding hydrogens is 246 g/mol. The molecule has 0 saturated heterocycles. The van der Waals surface area contributed by atoms with Crippen molar-refractivity contribution in [2.75, 3.05) is 0 Å². The minimum Gasteiger partial charge on any atom is -0.335 e.